The molecular weight excluding hydrogens is 915 g/mol. The number of rotatable bonds is 13. The fourth-order valence-corrected chi connectivity index (χ4v) is 11.4. The van der Waals surface area contributed by atoms with E-state index < -0.39 is 89.9 Å². The summed E-state index contributed by atoms with van der Waals surface area (Å²) in [4.78, 5) is 29.9. The van der Waals surface area contributed by atoms with E-state index in [0.717, 1.165) is 18.5 Å². The summed E-state index contributed by atoms with van der Waals surface area (Å²) in [5, 5.41) is 33.9. The van der Waals surface area contributed by atoms with E-state index in [1.807, 2.05) is 84.9 Å². The van der Waals surface area contributed by atoms with Crippen molar-refractivity contribution in [1.82, 2.24) is 24.6 Å². The normalized spacial score (nSPS) is 41.1. The van der Waals surface area contributed by atoms with Crippen molar-refractivity contribution in [3.63, 3.8) is 0 Å². The summed E-state index contributed by atoms with van der Waals surface area (Å²) in [5.41, 5.74) is 4.14. The Balaban J connectivity index is 1.50. The van der Waals surface area contributed by atoms with Crippen molar-refractivity contribution >= 4 is 11.7 Å². The number of nitrogens with two attached hydrogens (primary N) is 1. The summed E-state index contributed by atoms with van der Waals surface area (Å²) >= 11 is 0. The SMILES string of the molecule is CCCN1C[C@H](C)[C@H]2OC/C(=N\OCc3ccc(-n4cccn4)nc3)CO[C@](C)(C[C@H]1C)[C@H](O[C@@H]1O[C@H](C)C[C@H](N(C)C)[C@H]1O)[C@@H](C)[C@H](O[C@H]1C[C@@](C)(OC)[C@H](N)[C@H](C)O1)[C@@H](C)C(=O)O[C@H](CC)[C@@]2(C)O. The van der Waals surface area contributed by atoms with Gasteiger partial charge in [-0.1, -0.05) is 38.9 Å². The van der Waals surface area contributed by atoms with Gasteiger partial charge in [-0.05, 0) is 113 Å². The maximum absolute atomic E-state index is 14.9. The molecule has 5 fully saturated rings. The molecule has 0 aromatic carbocycles. The van der Waals surface area contributed by atoms with Gasteiger partial charge in [0.25, 0.3) is 0 Å². The molecule has 0 unspecified atom stereocenters. The van der Waals surface area contributed by atoms with Crippen LogP contribution in [0.25, 0.3) is 5.82 Å². The molecule has 4 N–H and O–H groups in total. The molecular formula is C52H87N7O12. The minimum atomic E-state index is -1.68. The van der Waals surface area contributed by atoms with E-state index in [9.17, 15) is 15.0 Å². The first-order valence-electron chi connectivity index (χ1n) is 25.9. The number of carbonyl (C=O) groups excluding carboxylic acids is 1. The van der Waals surface area contributed by atoms with Crippen LogP contribution < -0.4 is 5.73 Å². The molecule has 71 heavy (non-hydrogen) atoms. The maximum Gasteiger partial charge on any atom is 0.311 e. The summed E-state index contributed by atoms with van der Waals surface area (Å²) in [6, 6.07) is 4.72. The van der Waals surface area contributed by atoms with Crippen LogP contribution in [0.4, 0.5) is 0 Å². The molecule has 2 bridgehead atoms. The third kappa shape index (κ3) is 13.4. The molecule has 402 valence electrons. The molecule has 0 radical (unpaired) electrons. The van der Waals surface area contributed by atoms with E-state index in [1.54, 1.807) is 38.0 Å². The zero-order valence-electron chi connectivity index (χ0n) is 44.9. The molecule has 5 aliphatic heterocycles. The van der Waals surface area contributed by atoms with Gasteiger partial charge in [-0.15, -0.1) is 0 Å². The number of oxime groups is 1. The number of fused-ring (bicyclic) bond motifs is 15. The van der Waals surface area contributed by atoms with Crippen LogP contribution >= 0.6 is 0 Å². The van der Waals surface area contributed by atoms with Gasteiger partial charge in [0.05, 0.1) is 66.9 Å². The van der Waals surface area contributed by atoms with E-state index in [1.165, 1.54) is 0 Å². The van der Waals surface area contributed by atoms with E-state index in [4.69, 9.17) is 48.5 Å². The highest BCUT2D eigenvalue weighted by Gasteiger charge is 2.54. The molecule has 7 rings (SSSR count). The first-order chi connectivity index (χ1) is 33.5. The number of hydrogen-bond donors (Lipinski definition) is 3. The lowest BCUT2D eigenvalue weighted by atomic mass is 9.78. The number of carbonyl (C=O) groups is 1. The molecule has 2 aromatic heterocycles. The van der Waals surface area contributed by atoms with Crippen LogP contribution in [-0.4, -0.2) is 184 Å². The number of esters is 1. The third-order valence-electron chi connectivity index (χ3n) is 15.6. The number of ether oxygens (including phenoxy) is 8. The lowest BCUT2D eigenvalue weighted by molar-refractivity contribution is -0.313. The van der Waals surface area contributed by atoms with Crippen molar-refractivity contribution in [3.8, 4) is 5.82 Å². The van der Waals surface area contributed by atoms with Crippen molar-refractivity contribution in [1.29, 1.82) is 0 Å². The predicted octanol–water partition coefficient (Wildman–Crippen LogP) is 4.86. The van der Waals surface area contributed by atoms with Gasteiger partial charge in [0.1, 0.15) is 30.1 Å². The zero-order valence-corrected chi connectivity index (χ0v) is 44.9. The lowest BCUT2D eigenvalue weighted by Crippen LogP contribution is -2.62. The molecule has 0 amide bonds. The number of pyridine rings is 1. The first-order valence-corrected chi connectivity index (χ1v) is 25.9. The Morgan fingerprint density at radius 1 is 1.03 bits per heavy atom. The lowest BCUT2D eigenvalue weighted by Gasteiger charge is -2.50. The topological polar surface area (TPSA) is 216 Å². The maximum atomic E-state index is 14.9. The third-order valence-corrected chi connectivity index (χ3v) is 15.6. The minimum absolute atomic E-state index is 0.0742. The Morgan fingerprint density at radius 3 is 2.41 bits per heavy atom. The molecule has 5 saturated heterocycles. The van der Waals surface area contributed by atoms with E-state index in [0.29, 0.717) is 30.9 Å². The average molecular weight is 1000 g/mol. The van der Waals surface area contributed by atoms with Crippen LogP contribution in [0.15, 0.2) is 41.9 Å². The van der Waals surface area contributed by atoms with Crippen molar-refractivity contribution in [2.75, 3.05) is 47.5 Å². The average Bonchev–Trinajstić information content (AvgIpc) is 3.87. The summed E-state index contributed by atoms with van der Waals surface area (Å²) in [5.74, 6) is -1.83. The summed E-state index contributed by atoms with van der Waals surface area (Å²) in [7, 11) is 5.49. The number of aliphatic hydroxyl groups excluding tert-OH is 1. The van der Waals surface area contributed by atoms with Crippen LogP contribution in [0, 0.1) is 17.8 Å². The highest BCUT2D eigenvalue weighted by molar-refractivity contribution is 5.86. The number of aliphatic hydroxyl groups is 2. The Hall–Kier alpha value is -3.18. The molecule has 5 aliphatic rings. The van der Waals surface area contributed by atoms with Gasteiger partial charge in [-0.25, -0.2) is 9.67 Å². The van der Waals surface area contributed by atoms with E-state index >= 15 is 0 Å². The quantitative estimate of drug-likeness (QED) is 0.180. The number of methoxy groups -OCH3 is 1. The number of nitrogens with zero attached hydrogens (tertiary/aromatic N) is 6. The fraction of sp³-hybridized carbons (Fsp3) is 0.808. The van der Waals surface area contributed by atoms with Gasteiger partial charge >= 0.3 is 5.97 Å². The molecule has 0 aliphatic carbocycles. The number of likely N-dealkylation sites (N-methyl/N-ethyl adjacent to an activating group) is 1. The molecule has 18 atom stereocenters. The van der Waals surface area contributed by atoms with Gasteiger partial charge in [0.15, 0.2) is 18.4 Å². The van der Waals surface area contributed by atoms with Crippen molar-refractivity contribution < 1.29 is 57.7 Å². The highest BCUT2D eigenvalue weighted by atomic mass is 16.7. The second kappa shape index (κ2) is 24.4. The molecule has 0 saturated carbocycles. The Morgan fingerprint density at radius 2 is 1.77 bits per heavy atom. The van der Waals surface area contributed by atoms with Gasteiger partial charge < -0.3 is 68.5 Å². The Labute approximate surface area is 422 Å². The Kier molecular flexibility index (Phi) is 19.7. The summed E-state index contributed by atoms with van der Waals surface area (Å²) in [6.45, 7) is 22.7. The molecule has 19 nitrogen and oxygen atoms in total. The van der Waals surface area contributed by atoms with Crippen molar-refractivity contribution in [2.24, 2.45) is 28.6 Å². The largest absolute Gasteiger partial charge is 0.459 e. The fourth-order valence-electron chi connectivity index (χ4n) is 11.4. The highest BCUT2D eigenvalue weighted by Crippen LogP contribution is 2.42. The standard InChI is InChI=1S/C52H87N7O12/c1-15-21-58-27-31(3)46-52(11,62)40(16-2)69-48(61)35(7)44(70-42-25-50(9,63-14)45(53)36(8)68-42)34(6)47(71-49-43(60)39(57(12)13)23-33(5)67-49)51(10,24-32(58)4)65-30-38(29-64-46)56-66-28-37-18-19-41(54-26-37)59-22-17-20-55-59/h17-20,22,26,31-36,39-40,42-47,49,60,62H,15-16,21,23-25,27-30,53H2,1-14H3/b56-38+/t31-,32+,33+,34-,35+,36-,39-,40+,42-,43+,44-,45+,46+,47+,49-,50+,51+,52+/m0/s1. The number of hydrogen-bond acceptors (Lipinski definition) is 18. The molecule has 2 aromatic rings. The van der Waals surface area contributed by atoms with Crippen LogP contribution in [0.5, 0.6) is 0 Å². The van der Waals surface area contributed by atoms with E-state index in [2.05, 4.69) is 40.9 Å². The minimum Gasteiger partial charge on any atom is -0.459 e. The van der Waals surface area contributed by atoms with Gasteiger partial charge in [-0.3, -0.25) is 4.79 Å². The van der Waals surface area contributed by atoms with Gasteiger partial charge in [-0.2, -0.15) is 5.10 Å². The first kappa shape index (κ1) is 57.1. The van der Waals surface area contributed by atoms with Gasteiger partial charge in [0.2, 0.25) is 0 Å². The molecule has 0 spiro atoms. The Bertz CT molecular complexity index is 2000. The van der Waals surface area contributed by atoms with Crippen molar-refractivity contribution in [3.05, 3.63) is 42.4 Å². The zero-order chi connectivity index (χ0) is 52.0. The number of aromatic nitrogens is 3. The van der Waals surface area contributed by atoms with Crippen LogP contribution in [0.2, 0.25) is 0 Å². The smallest absolute Gasteiger partial charge is 0.311 e. The molecule has 19 heteroatoms. The van der Waals surface area contributed by atoms with Gasteiger partial charge in [0, 0.05) is 62.2 Å². The van der Waals surface area contributed by atoms with Crippen LogP contribution in [0.1, 0.15) is 114 Å². The predicted molar refractivity (Wildman–Crippen MR) is 266 cm³/mol. The molecule has 7 heterocycles. The summed E-state index contributed by atoms with van der Waals surface area (Å²) < 4.78 is 55.7. The second-order valence-corrected chi connectivity index (χ2v) is 21.7. The monoisotopic (exact) mass is 1000 g/mol. The van der Waals surface area contributed by atoms with E-state index in [-0.39, 0.29) is 56.8 Å². The van der Waals surface area contributed by atoms with Crippen LogP contribution in [-0.2, 0) is 54.1 Å². The van der Waals surface area contributed by atoms with Crippen LogP contribution in [0.3, 0.4) is 0 Å². The van der Waals surface area contributed by atoms with Crippen molar-refractivity contribution in [2.45, 2.75) is 205 Å². The summed E-state index contributed by atoms with van der Waals surface area (Å²) in [6.07, 6.45) is 0.207. The second-order valence-electron chi connectivity index (χ2n) is 21.7.